The second-order valence-corrected chi connectivity index (χ2v) is 3.61. The molecule has 0 spiro atoms. The minimum Gasteiger partial charge on any atom is -0.392 e. The summed E-state index contributed by atoms with van der Waals surface area (Å²) in [5.74, 6) is 0. The van der Waals surface area contributed by atoms with Crippen LogP contribution in [0.5, 0.6) is 0 Å². The van der Waals surface area contributed by atoms with E-state index < -0.39 is 0 Å². The van der Waals surface area contributed by atoms with E-state index in [0.717, 1.165) is 11.1 Å². The Labute approximate surface area is 90.0 Å². The van der Waals surface area contributed by atoms with Crippen LogP contribution in [-0.4, -0.2) is 5.11 Å². The highest BCUT2D eigenvalue weighted by Gasteiger charge is 2.04. The third kappa shape index (κ3) is 1.92. The minimum absolute atomic E-state index is 0.104. The van der Waals surface area contributed by atoms with Gasteiger partial charge in [-0.2, -0.15) is 0 Å². The molecule has 0 aliphatic heterocycles. The number of aliphatic hydroxyl groups excluding tert-OH is 1. The number of hydrogen-bond acceptors (Lipinski definition) is 1. The lowest BCUT2D eigenvalue weighted by molar-refractivity contribution is 0.281. The van der Waals surface area contributed by atoms with Crippen LogP contribution in [0.15, 0.2) is 48.5 Å². The molecule has 2 aromatic carbocycles. The third-order valence-corrected chi connectivity index (χ3v) is 2.70. The van der Waals surface area contributed by atoms with Crippen LogP contribution in [-0.2, 0) is 6.61 Å². The summed E-state index contributed by atoms with van der Waals surface area (Å²) in [6.45, 7) is 2.15. The molecule has 1 N–H and O–H groups in total. The number of benzene rings is 2. The van der Waals surface area contributed by atoms with Crippen molar-refractivity contribution in [3.8, 4) is 11.1 Å². The van der Waals surface area contributed by atoms with E-state index in [1.807, 2.05) is 37.3 Å². The van der Waals surface area contributed by atoms with Gasteiger partial charge in [0.1, 0.15) is 0 Å². The van der Waals surface area contributed by atoms with Gasteiger partial charge in [-0.15, -0.1) is 0 Å². The lowest BCUT2D eigenvalue weighted by Gasteiger charge is -2.09. The third-order valence-electron chi connectivity index (χ3n) is 2.70. The molecule has 0 amide bonds. The topological polar surface area (TPSA) is 20.2 Å². The molecule has 0 aromatic heterocycles. The van der Waals surface area contributed by atoms with Crippen LogP contribution in [0, 0.1) is 6.92 Å². The van der Waals surface area contributed by atoms with Gasteiger partial charge in [-0.3, -0.25) is 0 Å². The van der Waals surface area contributed by atoms with E-state index in [2.05, 4.69) is 18.2 Å². The second-order valence-electron chi connectivity index (χ2n) is 3.61. The fourth-order valence-corrected chi connectivity index (χ4v) is 1.79. The first-order valence-corrected chi connectivity index (χ1v) is 5.07. The van der Waals surface area contributed by atoms with Crippen molar-refractivity contribution in [1.29, 1.82) is 0 Å². The van der Waals surface area contributed by atoms with Gasteiger partial charge in [0.05, 0.1) is 6.61 Å². The summed E-state index contributed by atoms with van der Waals surface area (Å²) in [4.78, 5) is 0. The van der Waals surface area contributed by atoms with Crippen molar-refractivity contribution in [2.24, 2.45) is 0 Å². The fourth-order valence-electron chi connectivity index (χ4n) is 1.79. The molecule has 0 aliphatic carbocycles. The Bertz CT molecular complexity index is 446. The van der Waals surface area contributed by atoms with E-state index in [0.29, 0.717) is 0 Å². The highest BCUT2D eigenvalue weighted by atomic mass is 16.3. The van der Waals surface area contributed by atoms with Crippen molar-refractivity contribution >= 4 is 0 Å². The van der Waals surface area contributed by atoms with Gasteiger partial charge in [-0.25, -0.2) is 0 Å². The molecule has 0 saturated heterocycles. The van der Waals surface area contributed by atoms with Gasteiger partial charge in [-0.05, 0) is 29.2 Å². The smallest absolute Gasteiger partial charge is 0.0684 e. The lowest BCUT2D eigenvalue weighted by atomic mass is 9.97. The van der Waals surface area contributed by atoms with Crippen molar-refractivity contribution in [3.05, 3.63) is 59.7 Å². The average molecular weight is 198 g/mol. The zero-order chi connectivity index (χ0) is 10.7. The van der Waals surface area contributed by atoms with Crippen molar-refractivity contribution < 1.29 is 5.11 Å². The monoisotopic (exact) mass is 198 g/mol. The molecule has 0 bridgehead atoms. The molecule has 0 saturated carbocycles. The first-order valence-electron chi connectivity index (χ1n) is 5.07. The number of rotatable bonds is 2. The maximum absolute atomic E-state index is 9.19. The maximum Gasteiger partial charge on any atom is 0.0684 e. The van der Waals surface area contributed by atoms with E-state index in [9.17, 15) is 5.11 Å². The Balaban J connectivity index is 2.54. The van der Waals surface area contributed by atoms with Crippen molar-refractivity contribution in [1.82, 2.24) is 0 Å². The van der Waals surface area contributed by atoms with Crippen LogP contribution in [0.25, 0.3) is 11.1 Å². The predicted octanol–water partition coefficient (Wildman–Crippen LogP) is 3.15. The summed E-state index contributed by atoms with van der Waals surface area (Å²) in [7, 11) is 0. The highest BCUT2D eigenvalue weighted by Crippen LogP contribution is 2.25. The molecule has 2 aromatic rings. The largest absolute Gasteiger partial charge is 0.392 e. The average Bonchev–Trinajstić information content (AvgIpc) is 2.30. The maximum atomic E-state index is 9.19. The van der Waals surface area contributed by atoms with Gasteiger partial charge in [0.25, 0.3) is 0 Å². The summed E-state index contributed by atoms with van der Waals surface area (Å²) in [6.07, 6.45) is 0. The lowest BCUT2D eigenvalue weighted by Crippen LogP contribution is -1.91. The molecule has 0 aliphatic rings. The van der Waals surface area contributed by atoms with Gasteiger partial charge in [0.15, 0.2) is 0 Å². The summed E-state index contributed by atoms with van der Waals surface area (Å²) >= 11 is 0. The van der Waals surface area contributed by atoms with Crippen LogP contribution in [0.3, 0.4) is 0 Å². The van der Waals surface area contributed by atoms with Crippen LogP contribution in [0.2, 0.25) is 0 Å². The van der Waals surface area contributed by atoms with Crippen LogP contribution < -0.4 is 0 Å². The number of aliphatic hydroxyl groups is 1. The summed E-state index contributed by atoms with van der Waals surface area (Å²) in [6, 6.07) is 16.3. The first kappa shape index (κ1) is 9.94. The molecule has 0 atom stereocenters. The molecular weight excluding hydrogens is 184 g/mol. The van der Waals surface area contributed by atoms with Gasteiger partial charge in [0.2, 0.25) is 0 Å². The van der Waals surface area contributed by atoms with Gasteiger partial charge in [-0.1, -0.05) is 48.5 Å². The normalized spacial score (nSPS) is 10.3. The molecule has 0 radical (unpaired) electrons. The van der Waals surface area contributed by atoms with E-state index in [-0.39, 0.29) is 6.61 Å². The Morgan fingerprint density at radius 2 is 1.67 bits per heavy atom. The Morgan fingerprint density at radius 3 is 2.33 bits per heavy atom. The summed E-state index contributed by atoms with van der Waals surface area (Å²) in [5, 5.41) is 9.19. The molecule has 2 rings (SSSR count). The molecule has 76 valence electrons. The van der Waals surface area contributed by atoms with Crippen LogP contribution in [0.4, 0.5) is 0 Å². The van der Waals surface area contributed by atoms with E-state index in [1.54, 1.807) is 0 Å². The number of hydrogen-bond donors (Lipinski definition) is 1. The van der Waals surface area contributed by atoms with Crippen LogP contribution in [0.1, 0.15) is 11.1 Å². The molecule has 15 heavy (non-hydrogen) atoms. The molecule has 0 fully saturated rings. The minimum atomic E-state index is 0.104. The van der Waals surface area contributed by atoms with Crippen molar-refractivity contribution in [2.75, 3.05) is 0 Å². The van der Waals surface area contributed by atoms with Crippen LogP contribution >= 0.6 is 0 Å². The zero-order valence-corrected chi connectivity index (χ0v) is 8.77. The van der Waals surface area contributed by atoms with E-state index >= 15 is 0 Å². The molecule has 1 nitrogen and oxygen atoms in total. The summed E-state index contributed by atoms with van der Waals surface area (Å²) < 4.78 is 0. The molecular formula is C14H14O. The zero-order valence-electron chi connectivity index (χ0n) is 8.77. The molecule has 1 heteroatoms. The molecule has 0 heterocycles. The Kier molecular flexibility index (Phi) is 2.84. The summed E-state index contributed by atoms with van der Waals surface area (Å²) in [5.41, 5.74) is 4.55. The van der Waals surface area contributed by atoms with E-state index in [1.165, 1.54) is 11.1 Å². The molecule has 0 unspecified atom stereocenters. The van der Waals surface area contributed by atoms with Crippen molar-refractivity contribution in [3.63, 3.8) is 0 Å². The Hall–Kier alpha value is -1.60. The SMILES string of the molecule is Cc1c(CO)cccc1-c1ccccc1. The fraction of sp³-hybridized carbons (Fsp3) is 0.143. The van der Waals surface area contributed by atoms with Crippen molar-refractivity contribution in [2.45, 2.75) is 13.5 Å². The quantitative estimate of drug-likeness (QED) is 0.786. The van der Waals surface area contributed by atoms with Gasteiger partial charge in [0, 0.05) is 0 Å². The Morgan fingerprint density at radius 1 is 0.933 bits per heavy atom. The second kappa shape index (κ2) is 4.28. The van der Waals surface area contributed by atoms with Gasteiger partial charge >= 0.3 is 0 Å². The van der Waals surface area contributed by atoms with E-state index in [4.69, 9.17) is 0 Å². The standard InChI is InChI=1S/C14H14O/c1-11-13(10-15)8-5-9-14(11)12-6-3-2-4-7-12/h2-9,15H,10H2,1H3. The van der Waals surface area contributed by atoms with Gasteiger partial charge < -0.3 is 5.11 Å². The highest BCUT2D eigenvalue weighted by molar-refractivity contribution is 5.68. The predicted molar refractivity (Wildman–Crippen MR) is 62.5 cm³/mol. The first-order chi connectivity index (χ1) is 7.33.